The van der Waals surface area contributed by atoms with E-state index >= 15 is 0 Å². The summed E-state index contributed by atoms with van der Waals surface area (Å²) in [6, 6.07) is 10.1. The van der Waals surface area contributed by atoms with Gasteiger partial charge in [-0.2, -0.15) is 0 Å². The molecule has 1 aromatic carbocycles. The van der Waals surface area contributed by atoms with Crippen LogP contribution in [0.4, 0.5) is 0 Å². The first-order valence-corrected chi connectivity index (χ1v) is 11.6. The summed E-state index contributed by atoms with van der Waals surface area (Å²) in [7, 11) is 0.257. The highest BCUT2D eigenvalue weighted by molar-refractivity contribution is 7.89. The molecule has 0 bridgehead atoms. The summed E-state index contributed by atoms with van der Waals surface area (Å²) < 4.78 is 25.7. The van der Waals surface area contributed by atoms with Gasteiger partial charge in [0.1, 0.15) is 6.54 Å². The van der Waals surface area contributed by atoms with Gasteiger partial charge in [0.25, 0.3) is 0 Å². The maximum atomic E-state index is 12.1. The van der Waals surface area contributed by atoms with Crippen LogP contribution in [0.5, 0.6) is 0 Å². The molecular weight excluding hydrogens is 390 g/mol. The van der Waals surface area contributed by atoms with E-state index in [-0.39, 0.29) is 30.3 Å². The van der Waals surface area contributed by atoms with Gasteiger partial charge in [-0.3, -0.25) is 4.79 Å². The molecule has 8 nitrogen and oxygen atoms in total. The molecule has 0 aliphatic carbocycles. The molecule has 0 radical (unpaired) electrons. The number of rotatable bonds is 7. The minimum atomic E-state index is -3.15. The van der Waals surface area contributed by atoms with Gasteiger partial charge in [-0.05, 0) is 32.3 Å². The predicted molar refractivity (Wildman–Crippen MR) is 116 cm³/mol. The molecule has 2 N–H and O–H groups in total. The Balaban J connectivity index is 2.04. The summed E-state index contributed by atoms with van der Waals surface area (Å²) in [6.45, 7) is 4.74. The number of carbonyl (C=O) groups is 1. The highest BCUT2D eigenvalue weighted by Gasteiger charge is 2.27. The Hall–Kier alpha value is -2.13. The highest BCUT2D eigenvalue weighted by Crippen LogP contribution is 2.15. The summed E-state index contributed by atoms with van der Waals surface area (Å²) in [5.74, 6) is 0.608. The average molecular weight is 424 g/mol. The Labute approximate surface area is 174 Å². The largest absolute Gasteiger partial charge is 0.354 e. The van der Waals surface area contributed by atoms with Gasteiger partial charge in [-0.1, -0.05) is 30.3 Å². The molecule has 0 saturated carbocycles. The highest BCUT2D eigenvalue weighted by atomic mass is 32.2. The van der Waals surface area contributed by atoms with E-state index in [1.165, 1.54) is 4.90 Å². The monoisotopic (exact) mass is 423 g/mol. The van der Waals surface area contributed by atoms with Crippen LogP contribution in [0, 0.1) is 0 Å². The van der Waals surface area contributed by atoms with Crippen LogP contribution in [-0.4, -0.2) is 75.0 Å². The van der Waals surface area contributed by atoms with E-state index in [1.54, 1.807) is 25.3 Å². The number of piperidine rings is 1. The number of nitrogens with zero attached hydrogens (tertiary/aromatic N) is 3. The van der Waals surface area contributed by atoms with Gasteiger partial charge in [-0.25, -0.2) is 17.7 Å². The summed E-state index contributed by atoms with van der Waals surface area (Å²) >= 11 is 0. The fourth-order valence-electron chi connectivity index (χ4n) is 3.11. The fraction of sp³-hybridized carbons (Fsp3) is 0.600. The number of benzene rings is 1. The number of amides is 1. The van der Waals surface area contributed by atoms with Crippen molar-refractivity contribution in [2.24, 2.45) is 4.99 Å². The molecule has 1 saturated heterocycles. The van der Waals surface area contributed by atoms with Gasteiger partial charge in [0.05, 0.1) is 11.8 Å². The molecule has 1 fully saturated rings. The van der Waals surface area contributed by atoms with Crippen molar-refractivity contribution in [1.82, 2.24) is 19.8 Å². The summed E-state index contributed by atoms with van der Waals surface area (Å²) in [6.07, 6.45) is 1.39. The van der Waals surface area contributed by atoms with Crippen LogP contribution in [0.15, 0.2) is 35.3 Å². The molecule has 1 aromatic rings. The van der Waals surface area contributed by atoms with Crippen LogP contribution >= 0.6 is 0 Å². The third-order valence-corrected chi connectivity index (χ3v) is 6.96. The van der Waals surface area contributed by atoms with E-state index in [1.807, 2.05) is 37.3 Å². The van der Waals surface area contributed by atoms with Gasteiger partial charge < -0.3 is 15.5 Å². The van der Waals surface area contributed by atoms with Crippen LogP contribution in [0.2, 0.25) is 0 Å². The second-order valence-corrected chi connectivity index (χ2v) is 9.71. The zero-order valence-electron chi connectivity index (χ0n) is 17.8. The standard InChI is InChI=1S/C20H33N5O3S/c1-5-29(27,28)25-13-11-18(12-14-25)23-20(21-15-19(26)24(3)4)22-16(2)17-9-7-6-8-10-17/h6-10,16,18H,5,11-15H2,1-4H3,(H2,21,22,23). The van der Waals surface area contributed by atoms with Crippen LogP contribution in [0.3, 0.4) is 0 Å². The normalized spacial score (nSPS) is 17.6. The molecule has 1 unspecified atom stereocenters. The number of guanidine groups is 1. The zero-order valence-corrected chi connectivity index (χ0v) is 18.6. The molecule has 0 spiro atoms. The summed E-state index contributed by atoms with van der Waals surface area (Å²) in [5, 5.41) is 6.75. The Morgan fingerprint density at radius 2 is 1.86 bits per heavy atom. The number of sulfonamides is 1. The lowest BCUT2D eigenvalue weighted by molar-refractivity contribution is -0.127. The van der Waals surface area contributed by atoms with Gasteiger partial charge in [0.2, 0.25) is 15.9 Å². The van der Waals surface area contributed by atoms with Crippen molar-refractivity contribution in [3.8, 4) is 0 Å². The third-order valence-electron chi connectivity index (χ3n) is 5.08. The molecule has 1 aliphatic rings. The van der Waals surface area contributed by atoms with E-state index < -0.39 is 10.0 Å². The van der Waals surface area contributed by atoms with Crippen molar-refractivity contribution in [2.45, 2.75) is 38.8 Å². The molecular formula is C20H33N5O3S. The maximum Gasteiger partial charge on any atom is 0.243 e. The first-order valence-electron chi connectivity index (χ1n) is 10.0. The first kappa shape index (κ1) is 23.2. The lowest BCUT2D eigenvalue weighted by Gasteiger charge is -2.32. The van der Waals surface area contributed by atoms with Crippen LogP contribution in [-0.2, 0) is 14.8 Å². The van der Waals surface area contributed by atoms with Crippen LogP contribution < -0.4 is 10.6 Å². The number of likely N-dealkylation sites (N-methyl/N-ethyl adjacent to an activating group) is 1. The van der Waals surface area contributed by atoms with Crippen molar-refractivity contribution in [2.75, 3.05) is 39.5 Å². The molecule has 162 valence electrons. The Kier molecular flexibility index (Phi) is 8.45. The number of hydrogen-bond acceptors (Lipinski definition) is 4. The summed E-state index contributed by atoms with van der Waals surface area (Å²) in [5.41, 5.74) is 1.12. The van der Waals surface area contributed by atoms with E-state index in [9.17, 15) is 13.2 Å². The van der Waals surface area contributed by atoms with Crippen molar-refractivity contribution in [1.29, 1.82) is 0 Å². The lowest BCUT2D eigenvalue weighted by Crippen LogP contribution is -2.50. The van der Waals surface area contributed by atoms with Crippen LogP contribution in [0.1, 0.15) is 38.3 Å². The minimum Gasteiger partial charge on any atom is -0.354 e. The van der Waals surface area contributed by atoms with Gasteiger partial charge in [0, 0.05) is 33.2 Å². The number of nitrogens with one attached hydrogen (secondary N) is 2. The van der Waals surface area contributed by atoms with Gasteiger partial charge in [0.15, 0.2) is 5.96 Å². The Morgan fingerprint density at radius 3 is 2.41 bits per heavy atom. The van der Waals surface area contributed by atoms with Crippen molar-refractivity contribution >= 4 is 21.9 Å². The third kappa shape index (κ3) is 7.01. The predicted octanol–water partition coefficient (Wildman–Crippen LogP) is 1.19. The number of carbonyl (C=O) groups excluding carboxylic acids is 1. The minimum absolute atomic E-state index is 0.0115. The Bertz CT molecular complexity index is 788. The molecule has 1 atom stereocenters. The van der Waals surface area contributed by atoms with E-state index in [0.29, 0.717) is 31.9 Å². The molecule has 29 heavy (non-hydrogen) atoms. The fourth-order valence-corrected chi connectivity index (χ4v) is 4.24. The molecule has 1 amide bonds. The van der Waals surface area contributed by atoms with Gasteiger partial charge in [-0.15, -0.1) is 0 Å². The molecule has 1 aliphatic heterocycles. The van der Waals surface area contributed by atoms with Crippen molar-refractivity contribution in [3.05, 3.63) is 35.9 Å². The summed E-state index contributed by atoms with van der Waals surface area (Å²) in [4.78, 5) is 17.9. The molecule has 2 rings (SSSR count). The quantitative estimate of drug-likeness (QED) is 0.507. The van der Waals surface area contributed by atoms with Crippen molar-refractivity contribution in [3.63, 3.8) is 0 Å². The lowest BCUT2D eigenvalue weighted by atomic mass is 10.1. The van der Waals surface area contributed by atoms with E-state index in [4.69, 9.17) is 0 Å². The molecule has 0 aromatic heterocycles. The van der Waals surface area contributed by atoms with E-state index in [2.05, 4.69) is 15.6 Å². The SMILES string of the molecule is CCS(=O)(=O)N1CCC(NC(=NCC(=O)N(C)C)NC(C)c2ccccc2)CC1. The Morgan fingerprint density at radius 1 is 1.24 bits per heavy atom. The zero-order chi connectivity index (χ0) is 21.4. The second-order valence-electron chi connectivity index (χ2n) is 7.45. The van der Waals surface area contributed by atoms with Crippen molar-refractivity contribution < 1.29 is 13.2 Å². The van der Waals surface area contributed by atoms with Gasteiger partial charge >= 0.3 is 0 Å². The first-order chi connectivity index (χ1) is 13.7. The average Bonchev–Trinajstić information content (AvgIpc) is 2.72. The molecule has 9 heteroatoms. The topological polar surface area (TPSA) is 94.1 Å². The number of hydrogen-bond donors (Lipinski definition) is 2. The smallest absolute Gasteiger partial charge is 0.243 e. The second kappa shape index (κ2) is 10.6. The molecule has 1 heterocycles. The van der Waals surface area contributed by atoms with Crippen LogP contribution in [0.25, 0.3) is 0 Å². The maximum absolute atomic E-state index is 12.1. The number of aliphatic imine (C=N–C) groups is 1. The van der Waals surface area contributed by atoms with E-state index in [0.717, 1.165) is 5.56 Å².